The van der Waals surface area contributed by atoms with E-state index in [2.05, 4.69) is 20.8 Å². The number of halogens is 3. The summed E-state index contributed by atoms with van der Waals surface area (Å²) in [6.07, 6.45) is -4.45. The molecule has 5 nitrogen and oxygen atoms in total. The third kappa shape index (κ3) is 3.13. The van der Waals surface area contributed by atoms with Crippen molar-refractivity contribution in [3.63, 3.8) is 0 Å². The van der Waals surface area contributed by atoms with Crippen molar-refractivity contribution in [1.29, 1.82) is 0 Å². The van der Waals surface area contributed by atoms with Crippen molar-refractivity contribution >= 4 is 0 Å². The van der Waals surface area contributed by atoms with Gasteiger partial charge in [-0.05, 0) is 22.6 Å². The van der Waals surface area contributed by atoms with Gasteiger partial charge >= 0.3 is 6.18 Å². The van der Waals surface area contributed by atoms with E-state index < -0.39 is 11.7 Å². The van der Waals surface area contributed by atoms with E-state index in [1.165, 1.54) is 18.2 Å². The van der Waals surface area contributed by atoms with E-state index in [0.717, 1.165) is 10.7 Å². The number of nitrogens with one attached hydrogen (secondary N) is 1. The topological polar surface area (TPSA) is 55.6 Å². The van der Waals surface area contributed by atoms with Crippen molar-refractivity contribution in [2.24, 2.45) is 0 Å². The second kappa shape index (κ2) is 5.58. The zero-order chi connectivity index (χ0) is 14.8. The molecule has 1 heterocycles. The molecule has 108 valence electrons. The number of hydrogen-bond acceptors (Lipinski definition) is 4. The summed E-state index contributed by atoms with van der Waals surface area (Å²) in [6.45, 7) is 4.15. The average molecular weight is 285 g/mol. The molecular formula is C12H14F3N5. The van der Waals surface area contributed by atoms with Crippen molar-refractivity contribution < 1.29 is 13.2 Å². The van der Waals surface area contributed by atoms with Crippen molar-refractivity contribution in [2.75, 3.05) is 0 Å². The molecule has 2 rings (SSSR count). The maximum Gasteiger partial charge on any atom is 0.418 e. The van der Waals surface area contributed by atoms with Crippen molar-refractivity contribution in [1.82, 2.24) is 25.5 Å². The van der Waals surface area contributed by atoms with Gasteiger partial charge in [-0.15, -0.1) is 5.10 Å². The van der Waals surface area contributed by atoms with Crippen LogP contribution in [0.15, 0.2) is 24.3 Å². The van der Waals surface area contributed by atoms with Crippen LogP contribution in [0.3, 0.4) is 0 Å². The normalized spacial score (nSPS) is 12.1. The van der Waals surface area contributed by atoms with Crippen LogP contribution in [0.1, 0.15) is 25.2 Å². The molecule has 1 aromatic heterocycles. The fourth-order valence-corrected chi connectivity index (χ4v) is 1.70. The number of aromatic nitrogens is 4. The summed E-state index contributed by atoms with van der Waals surface area (Å²) >= 11 is 0. The fourth-order valence-electron chi connectivity index (χ4n) is 1.70. The number of para-hydroxylation sites is 1. The van der Waals surface area contributed by atoms with Gasteiger partial charge in [0, 0.05) is 6.04 Å². The molecule has 0 fully saturated rings. The van der Waals surface area contributed by atoms with Gasteiger partial charge in [-0.1, -0.05) is 26.0 Å². The Labute approximate surface area is 113 Å². The highest BCUT2D eigenvalue weighted by atomic mass is 19.4. The summed E-state index contributed by atoms with van der Waals surface area (Å²) in [5, 5.41) is 13.9. The summed E-state index contributed by atoms with van der Waals surface area (Å²) in [5.74, 6) is 0.329. The van der Waals surface area contributed by atoms with Crippen molar-refractivity contribution in [3.8, 4) is 5.69 Å². The van der Waals surface area contributed by atoms with Gasteiger partial charge < -0.3 is 5.32 Å². The molecule has 0 spiro atoms. The zero-order valence-corrected chi connectivity index (χ0v) is 11.0. The smallest absolute Gasteiger partial charge is 0.308 e. The summed E-state index contributed by atoms with van der Waals surface area (Å²) in [6, 6.07) is 5.39. The van der Waals surface area contributed by atoms with Crippen LogP contribution in [0.2, 0.25) is 0 Å². The molecule has 0 bridgehead atoms. The van der Waals surface area contributed by atoms with Crippen LogP contribution < -0.4 is 5.32 Å². The number of tetrazole rings is 1. The average Bonchev–Trinajstić information content (AvgIpc) is 2.83. The van der Waals surface area contributed by atoms with E-state index in [4.69, 9.17) is 0 Å². The van der Waals surface area contributed by atoms with Gasteiger partial charge in [0.25, 0.3) is 0 Å². The van der Waals surface area contributed by atoms with Gasteiger partial charge in [0.2, 0.25) is 0 Å². The molecule has 0 saturated heterocycles. The molecule has 1 aromatic carbocycles. The van der Waals surface area contributed by atoms with Crippen LogP contribution >= 0.6 is 0 Å². The monoisotopic (exact) mass is 285 g/mol. The van der Waals surface area contributed by atoms with Crippen LogP contribution in [-0.4, -0.2) is 26.2 Å². The standard InChI is InChI=1S/C12H14F3N5/c1-8(2)16-7-11-17-18-19-20(11)10-6-4-3-5-9(10)12(13,14)15/h3-6,8,16H,7H2,1-2H3. The molecule has 0 amide bonds. The third-order valence-corrected chi connectivity index (χ3v) is 2.64. The van der Waals surface area contributed by atoms with E-state index in [-0.39, 0.29) is 18.3 Å². The molecule has 0 atom stereocenters. The minimum atomic E-state index is -4.45. The Morgan fingerprint density at radius 2 is 1.95 bits per heavy atom. The quantitative estimate of drug-likeness (QED) is 0.935. The van der Waals surface area contributed by atoms with Gasteiger partial charge in [0.05, 0.1) is 17.8 Å². The number of nitrogens with zero attached hydrogens (tertiary/aromatic N) is 4. The van der Waals surface area contributed by atoms with Gasteiger partial charge in [0.15, 0.2) is 5.82 Å². The van der Waals surface area contributed by atoms with E-state index in [1.807, 2.05) is 13.8 Å². The summed E-state index contributed by atoms with van der Waals surface area (Å²) in [7, 11) is 0. The number of alkyl halides is 3. The lowest BCUT2D eigenvalue weighted by Crippen LogP contribution is -2.24. The van der Waals surface area contributed by atoms with E-state index >= 15 is 0 Å². The molecule has 0 aliphatic rings. The molecule has 2 aromatic rings. The first-order valence-electron chi connectivity index (χ1n) is 6.07. The van der Waals surface area contributed by atoms with Gasteiger partial charge in [-0.2, -0.15) is 17.9 Å². The number of rotatable bonds is 4. The molecule has 1 N–H and O–H groups in total. The Bertz CT molecular complexity index is 576. The molecule has 8 heteroatoms. The summed E-state index contributed by atoms with van der Waals surface area (Å²) in [4.78, 5) is 0. The van der Waals surface area contributed by atoms with Crippen LogP contribution in [-0.2, 0) is 12.7 Å². The highest BCUT2D eigenvalue weighted by Gasteiger charge is 2.34. The predicted octanol–water partition coefficient (Wildman–Crippen LogP) is 2.18. The molecular weight excluding hydrogens is 271 g/mol. The van der Waals surface area contributed by atoms with Crippen molar-refractivity contribution in [3.05, 3.63) is 35.7 Å². The largest absolute Gasteiger partial charge is 0.418 e. The maximum absolute atomic E-state index is 13.0. The van der Waals surface area contributed by atoms with Crippen LogP contribution in [0.4, 0.5) is 13.2 Å². The van der Waals surface area contributed by atoms with E-state index in [1.54, 1.807) is 0 Å². The van der Waals surface area contributed by atoms with Crippen LogP contribution in [0.5, 0.6) is 0 Å². The van der Waals surface area contributed by atoms with Crippen molar-refractivity contribution in [2.45, 2.75) is 32.6 Å². The lowest BCUT2D eigenvalue weighted by atomic mass is 10.1. The van der Waals surface area contributed by atoms with Crippen LogP contribution in [0.25, 0.3) is 5.69 Å². The minimum Gasteiger partial charge on any atom is -0.308 e. The number of benzene rings is 1. The first-order valence-corrected chi connectivity index (χ1v) is 6.07. The van der Waals surface area contributed by atoms with E-state index in [9.17, 15) is 13.2 Å². The van der Waals surface area contributed by atoms with Gasteiger partial charge in [0.1, 0.15) is 0 Å². The Morgan fingerprint density at radius 3 is 2.60 bits per heavy atom. The third-order valence-electron chi connectivity index (χ3n) is 2.64. The number of hydrogen-bond donors (Lipinski definition) is 1. The highest BCUT2D eigenvalue weighted by Crippen LogP contribution is 2.33. The SMILES string of the molecule is CC(C)NCc1nnnn1-c1ccccc1C(F)(F)F. The highest BCUT2D eigenvalue weighted by molar-refractivity contribution is 5.42. The summed E-state index contributed by atoms with van der Waals surface area (Å²) < 4.78 is 40.1. The minimum absolute atomic E-state index is 0.0782. The van der Waals surface area contributed by atoms with Gasteiger partial charge in [-0.25, -0.2) is 0 Å². The second-order valence-corrected chi connectivity index (χ2v) is 4.56. The Kier molecular flexibility index (Phi) is 4.03. The Morgan fingerprint density at radius 1 is 1.25 bits per heavy atom. The molecule has 0 aliphatic heterocycles. The first-order chi connectivity index (χ1) is 9.39. The second-order valence-electron chi connectivity index (χ2n) is 4.56. The lowest BCUT2D eigenvalue weighted by molar-refractivity contribution is -0.137. The summed E-state index contributed by atoms with van der Waals surface area (Å²) in [5.41, 5.74) is -0.844. The molecule has 20 heavy (non-hydrogen) atoms. The molecule has 0 aliphatic carbocycles. The molecule has 0 unspecified atom stereocenters. The fraction of sp³-hybridized carbons (Fsp3) is 0.417. The van der Waals surface area contributed by atoms with Crippen LogP contribution in [0, 0.1) is 0 Å². The first kappa shape index (κ1) is 14.4. The zero-order valence-electron chi connectivity index (χ0n) is 11.0. The molecule has 0 saturated carbocycles. The van der Waals surface area contributed by atoms with E-state index in [0.29, 0.717) is 5.82 Å². The Hall–Kier alpha value is -1.96. The maximum atomic E-state index is 13.0. The predicted molar refractivity (Wildman–Crippen MR) is 66.1 cm³/mol. The lowest BCUT2D eigenvalue weighted by Gasteiger charge is -2.13. The molecule has 0 radical (unpaired) electrons. The van der Waals surface area contributed by atoms with Gasteiger partial charge in [-0.3, -0.25) is 0 Å². The Balaban J connectivity index is 2.40.